The van der Waals surface area contributed by atoms with Crippen molar-refractivity contribution in [2.24, 2.45) is 5.41 Å². The molecule has 0 heterocycles. The zero-order valence-electron chi connectivity index (χ0n) is 45.8. The fourth-order valence-corrected chi connectivity index (χ4v) is 21.3. The van der Waals surface area contributed by atoms with Crippen molar-refractivity contribution >= 4 is 55.6 Å². The van der Waals surface area contributed by atoms with E-state index < -0.39 is 23.8 Å². The van der Waals surface area contributed by atoms with Gasteiger partial charge in [0.05, 0.1) is 0 Å². The highest BCUT2D eigenvalue weighted by Crippen LogP contribution is 2.56. The maximum Gasteiger partial charge on any atom is -0.0125 e. The van der Waals surface area contributed by atoms with E-state index in [-0.39, 0.29) is 37.9 Å². The zero-order valence-corrected chi connectivity index (χ0v) is 48.5. The monoisotopic (exact) mass is 961 g/mol. The topological polar surface area (TPSA) is 0 Å². The molecule has 68 heavy (non-hydrogen) atoms. The Morgan fingerprint density at radius 2 is 0.353 bits per heavy atom. The third-order valence-corrected chi connectivity index (χ3v) is 22.7. The minimum Gasteiger partial charge on any atom is -0.0619 e. The first-order valence-electron chi connectivity index (χ1n) is 25.3. The lowest BCUT2D eigenvalue weighted by Gasteiger charge is -2.44. The van der Waals surface area contributed by atoms with E-state index in [1.165, 1.54) is 33.4 Å². The Bertz CT molecular complexity index is 2180. The molecule has 6 rings (SSSR count). The highest BCUT2D eigenvalue weighted by atomic mass is 31.1. The number of rotatable bonds is 12. The molecule has 0 saturated heterocycles. The molecule has 0 atom stereocenters. The number of hydrogen-bond donors (Lipinski definition) is 0. The van der Waals surface area contributed by atoms with Gasteiger partial charge in [-0.25, -0.2) is 0 Å². The van der Waals surface area contributed by atoms with E-state index in [1.54, 1.807) is 31.8 Å². The van der Waals surface area contributed by atoms with Crippen LogP contribution in [-0.2, 0) is 32.5 Å². The van der Waals surface area contributed by atoms with E-state index in [1.807, 2.05) is 0 Å². The van der Waals surface area contributed by atoms with Crippen LogP contribution >= 0.6 is 23.8 Å². The summed E-state index contributed by atoms with van der Waals surface area (Å²) in [5.74, 6) is 0. The molecule has 0 bridgehead atoms. The molecule has 0 aliphatic rings. The van der Waals surface area contributed by atoms with Gasteiger partial charge in [0.25, 0.3) is 0 Å². The maximum absolute atomic E-state index is 2.76. The van der Waals surface area contributed by atoms with Crippen LogP contribution in [0.5, 0.6) is 0 Å². The van der Waals surface area contributed by atoms with E-state index in [4.69, 9.17) is 0 Å². The van der Waals surface area contributed by atoms with E-state index in [9.17, 15) is 0 Å². The van der Waals surface area contributed by atoms with Crippen LogP contribution in [0.3, 0.4) is 0 Å². The minimum atomic E-state index is -0.846. The van der Waals surface area contributed by atoms with Crippen LogP contribution in [0.1, 0.15) is 165 Å². The van der Waals surface area contributed by atoms with Crippen molar-refractivity contribution in [2.75, 3.05) is 18.5 Å². The van der Waals surface area contributed by atoms with E-state index in [2.05, 4.69) is 277 Å². The molecule has 3 heteroatoms. The second kappa shape index (κ2) is 20.4. The summed E-state index contributed by atoms with van der Waals surface area (Å²) in [6, 6.07) is 57.4. The number of benzene rings is 6. The normalized spacial score (nSPS) is 13.5. The average molecular weight is 961 g/mol. The highest BCUT2D eigenvalue weighted by Gasteiger charge is 2.42. The maximum atomic E-state index is 2.76. The molecule has 0 aliphatic heterocycles. The van der Waals surface area contributed by atoms with Gasteiger partial charge >= 0.3 is 0 Å². The highest BCUT2D eigenvalue weighted by molar-refractivity contribution is 7.75. The number of hydrogen-bond acceptors (Lipinski definition) is 0. The Balaban J connectivity index is 1.78. The lowest BCUT2D eigenvalue weighted by atomic mass is 9.87. The van der Waals surface area contributed by atoms with Gasteiger partial charge in [0.15, 0.2) is 0 Å². The SMILES string of the molecule is CC(CP(c1ccccc1C(C)(C)C)c1ccccc1C(C)(C)C)(CP(c1ccccc1C(C)(C)C)c1ccccc1C(C)(C)C)CP(c1ccccc1C(C)(C)C)c1ccccc1C(C)(C)C. The first kappa shape index (κ1) is 54.0. The van der Waals surface area contributed by atoms with Crippen LogP contribution in [0.4, 0.5) is 0 Å². The molecule has 0 nitrogen and oxygen atoms in total. The van der Waals surface area contributed by atoms with Gasteiger partial charge in [0.2, 0.25) is 0 Å². The van der Waals surface area contributed by atoms with E-state index in [0.717, 1.165) is 18.5 Å². The van der Waals surface area contributed by atoms with Crippen LogP contribution in [0.2, 0.25) is 0 Å². The summed E-state index contributed by atoms with van der Waals surface area (Å²) in [5.41, 5.74) is 8.67. The first-order valence-corrected chi connectivity index (χ1v) is 29.9. The molecule has 0 aromatic heterocycles. The minimum absolute atomic E-state index is 0.0158. The Labute approximate surface area is 420 Å². The fraction of sp³-hybridized carbons (Fsp3) is 0.446. The first-order chi connectivity index (χ1) is 31.4. The molecule has 0 saturated carbocycles. The van der Waals surface area contributed by atoms with Crippen molar-refractivity contribution in [3.63, 3.8) is 0 Å². The zero-order chi connectivity index (χ0) is 50.3. The Hall–Kier alpha value is -3.39. The van der Waals surface area contributed by atoms with Crippen molar-refractivity contribution in [1.29, 1.82) is 0 Å². The second-order valence-corrected chi connectivity index (χ2v) is 32.6. The summed E-state index contributed by atoms with van der Waals surface area (Å²) in [6.45, 7) is 46.4. The predicted molar refractivity (Wildman–Crippen MR) is 312 cm³/mol. The summed E-state index contributed by atoms with van der Waals surface area (Å²) in [4.78, 5) is 0. The van der Waals surface area contributed by atoms with Crippen molar-refractivity contribution in [3.8, 4) is 0 Å². The van der Waals surface area contributed by atoms with Crippen molar-refractivity contribution < 1.29 is 0 Å². The molecule has 0 spiro atoms. The van der Waals surface area contributed by atoms with Crippen LogP contribution < -0.4 is 31.8 Å². The third kappa shape index (κ3) is 12.6. The molecule has 0 N–H and O–H groups in total. The van der Waals surface area contributed by atoms with Gasteiger partial charge in [0, 0.05) is 0 Å². The van der Waals surface area contributed by atoms with Gasteiger partial charge in [-0.3, -0.25) is 0 Å². The molecule has 0 fully saturated rings. The summed E-state index contributed by atoms with van der Waals surface area (Å²) < 4.78 is 0. The van der Waals surface area contributed by atoms with Crippen molar-refractivity contribution in [3.05, 3.63) is 179 Å². The quantitative estimate of drug-likeness (QED) is 0.107. The average Bonchev–Trinajstić information content (AvgIpc) is 3.25. The molecular formula is C65H87P3. The second-order valence-electron chi connectivity index (χ2n) is 26.2. The smallest absolute Gasteiger partial charge is 0.0125 e. The lowest BCUT2D eigenvalue weighted by Crippen LogP contribution is -2.41. The van der Waals surface area contributed by atoms with E-state index >= 15 is 0 Å². The largest absolute Gasteiger partial charge is 0.0619 e. The van der Waals surface area contributed by atoms with E-state index in [0.29, 0.717) is 0 Å². The molecule has 6 aromatic rings. The predicted octanol–water partition coefficient (Wildman–Crippen LogP) is 16.2. The summed E-state index contributed by atoms with van der Waals surface area (Å²) in [6.07, 6.45) is 3.26. The van der Waals surface area contributed by atoms with Gasteiger partial charge in [0.1, 0.15) is 0 Å². The molecular weight excluding hydrogens is 874 g/mol. The van der Waals surface area contributed by atoms with Gasteiger partial charge in [-0.1, -0.05) is 277 Å². The molecule has 0 unspecified atom stereocenters. The Morgan fingerprint density at radius 1 is 0.221 bits per heavy atom. The fourth-order valence-electron chi connectivity index (χ4n) is 10.3. The van der Waals surface area contributed by atoms with Gasteiger partial charge in [-0.15, -0.1) is 0 Å². The van der Waals surface area contributed by atoms with Crippen LogP contribution in [0.15, 0.2) is 146 Å². The van der Waals surface area contributed by atoms with Gasteiger partial charge < -0.3 is 0 Å². The summed E-state index contributed by atoms with van der Waals surface area (Å²) in [7, 11) is -2.54. The molecule has 0 aliphatic carbocycles. The molecule has 0 amide bonds. The molecule has 0 radical (unpaired) electrons. The van der Waals surface area contributed by atoms with Gasteiger partial charge in [-0.05, 0) is 145 Å². The van der Waals surface area contributed by atoms with Gasteiger partial charge in [-0.2, -0.15) is 0 Å². The Kier molecular flexibility index (Phi) is 16.2. The Morgan fingerprint density at radius 3 is 0.485 bits per heavy atom. The van der Waals surface area contributed by atoms with Crippen molar-refractivity contribution in [2.45, 2.75) is 164 Å². The van der Waals surface area contributed by atoms with Crippen LogP contribution in [0, 0.1) is 5.41 Å². The molecule has 6 aromatic carbocycles. The summed E-state index contributed by atoms with van der Waals surface area (Å²) in [5, 5.41) is 9.26. The van der Waals surface area contributed by atoms with Crippen LogP contribution in [-0.4, -0.2) is 18.5 Å². The standard InChI is InChI=1S/C65H87P3/c1-59(2,3)47-32-20-26-38-53(47)66(54-39-27-21-33-48(54)60(4,5)6)44-65(19,45-67(55-40-28-22-34-49(55)61(7,8)9)56-41-29-23-35-50(56)62(10,11)12)46-68(57-42-30-24-36-51(57)63(13,14)15)58-43-31-25-37-52(58)64(16,17)18/h20-43H,44-46H2,1-19H3. The lowest BCUT2D eigenvalue weighted by molar-refractivity contribution is 0.496. The summed E-state index contributed by atoms with van der Waals surface area (Å²) >= 11 is 0. The molecule has 362 valence electrons. The van der Waals surface area contributed by atoms with Crippen molar-refractivity contribution in [1.82, 2.24) is 0 Å². The van der Waals surface area contributed by atoms with Crippen LogP contribution in [0.25, 0.3) is 0 Å². The third-order valence-electron chi connectivity index (χ3n) is 13.6.